The van der Waals surface area contributed by atoms with E-state index in [1.165, 1.54) is 18.2 Å². The zero-order valence-electron chi connectivity index (χ0n) is 14.4. The van der Waals surface area contributed by atoms with E-state index in [9.17, 15) is 14.7 Å². The zero-order chi connectivity index (χ0) is 19.2. The third-order valence-electron chi connectivity index (χ3n) is 4.07. The van der Waals surface area contributed by atoms with Crippen molar-refractivity contribution in [3.05, 3.63) is 58.6 Å². The molecule has 2 aromatic rings. The number of aromatic hydroxyl groups is 1. The first-order chi connectivity index (χ1) is 13.0. The number of ether oxygens (including phenoxy) is 1. The van der Waals surface area contributed by atoms with E-state index in [0.717, 1.165) is 30.1 Å². The monoisotopic (exact) mass is 406 g/mol. The van der Waals surface area contributed by atoms with Crippen molar-refractivity contribution < 1.29 is 19.4 Å². The van der Waals surface area contributed by atoms with E-state index >= 15 is 0 Å². The van der Waals surface area contributed by atoms with Crippen LogP contribution in [-0.4, -0.2) is 35.4 Å². The Morgan fingerprint density at radius 2 is 1.89 bits per heavy atom. The van der Waals surface area contributed by atoms with E-state index in [2.05, 4.69) is 10.9 Å². The number of phenolic OH excluding ortho intramolecular Hbond substituents is 1. The third-order valence-corrected chi connectivity index (χ3v) is 5.51. The molecule has 1 aliphatic heterocycles. The molecule has 1 fully saturated rings. The molecule has 8 heteroatoms. The van der Waals surface area contributed by atoms with Gasteiger partial charge in [0.1, 0.15) is 5.75 Å². The van der Waals surface area contributed by atoms with Crippen LogP contribution in [0.4, 0.5) is 0 Å². The summed E-state index contributed by atoms with van der Waals surface area (Å²) in [6, 6.07) is 11.3. The first-order valence-electron chi connectivity index (χ1n) is 8.47. The summed E-state index contributed by atoms with van der Waals surface area (Å²) < 4.78 is 5.61. The minimum atomic E-state index is -0.659. The first-order valence-corrected chi connectivity index (χ1v) is 9.83. The number of carbonyl (C=O) groups is 2. The van der Waals surface area contributed by atoms with Crippen LogP contribution in [-0.2, 0) is 4.74 Å². The lowest BCUT2D eigenvalue weighted by molar-refractivity contribution is 0.0843. The Morgan fingerprint density at radius 1 is 1.15 bits per heavy atom. The van der Waals surface area contributed by atoms with Gasteiger partial charge in [-0.3, -0.25) is 20.4 Å². The van der Waals surface area contributed by atoms with E-state index < -0.39 is 11.8 Å². The summed E-state index contributed by atoms with van der Waals surface area (Å²) in [4.78, 5) is 25.5. The van der Waals surface area contributed by atoms with Crippen LogP contribution in [0.15, 0.2) is 47.4 Å². The Kier molecular flexibility index (Phi) is 6.60. The van der Waals surface area contributed by atoms with Crippen LogP contribution in [0.5, 0.6) is 5.75 Å². The molecule has 1 aliphatic rings. The molecule has 1 unspecified atom stereocenters. The molecule has 6 nitrogen and oxygen atoms in total. The number of phenols is 1. The molecule has 0 aromatic heterocycles. The van der Waals surface area contributed by atoms with Crippen molar-refractivity contribution in [2.75, 3.05) is 12.4 Å². The van der Waals surface area contributed by atoms with Gasteiger partial charge in [0, 0.05) is 22.3 Å². The van der Waals surface area contributed by atoms with Gasteiger partial charge >= 0.3 is 0 Å². The highest BCUT2D eigenvalue weighted by Gasteiger charge is 2.19. The fourth-order valence-corrected chi connectivity index (χ4v) is 3.97. The average molecular weight is 407 g/mol. The molecule has 1 heterocycles. The SMILES string of the molecule is O=C(NNC(=O)c1ccccc1SCC1CCCO1)c1cc(Cl)ccc1O. The molecule has 3 N–H and O–H groups in total. The van der Waals surface area contributed by atoms with E-state index in [4.69, 9.17) is 16.3 Å². The Bertz CT molecular complexity index is 840. The van der Waals surface area contributed by atoms with E-state index in [0.29, 0.717) is 10.6 Å². The van der Waals surface area contributed by atoms with Crippen LogP contribution >= 0.6 is 23.4 Å². The predicted molar refractivity (Wildman–Crippen MR) is 104 cm³/mol. The van der Waals surface area contributed by atoms with Gasteiger partial charge in [-0.2, -0.15) is 0 Å². The molecule has 2 aromatic carbocycles. The van der Waals surface area contributed by atoms with Crippen molar-refractivity contribution in [1.29, 1.82) is 0 Å². The van der Waals surface area contributed by atoms with Crippen molar-refractivity contribution in [2.24, 2.45) is 0 Å². The molecule has 1 saturated heterocycles. The Balaban J connectivity index is 1.62. The second-order valence-electron chi connectivity index (χ2n) is 6.01. The number of hydrogen-bond acceptors (Lipinski definition) is 5. The highest BCUT2D eigenvalue weighted by molar-refractivity contribution is 7.99. The molecule has 0 saturated carbocycles. The second kappa shape index (κ2) is 9.12. The number of amides is 2. The lowest BCUT2D eigenvalue weighted by Crippen LogP contribution is -2.41. The minimum absolute atomic E-state index is 0.0242. The van der Waals surface area contributed by atoms with Crippen LogP contribution in [0.3, 0.4) is 0 Å². The molecular formula is C19H19ClN2O4S. The van der Waals surface area contributed by atoms with Gasteiger partial charge in [-0.05, 0) is 43.2 Å². The molecule has 0 radical (unpaired) electrons. The van der Waals surface area contributed by atoms with Gasteiger partial charge in [0.25, 0.3) is 11.8 Å². The molecular weight excluding hydrogens is 388 g/mol. The average Bonchev–Trinajstić information content (AvgIpc) is 3.20. The minimum Gasteiger partial charge on any atom is -0.507 e. The smallest absolute Gasteiger partial charge is 0.273 e. The number of carbonyl (C=O) groups excluding carboxylic acids is 2. The lowest BCUT2D eigenvalue weighted by atomic mass is 10.2. The normalized spacial score (nSPS) is 16.1. The number of rotatable bonds is 5. The van der Waals surface area contributed by atoms with Crippen LogP contribution in [0, 0.1) is 0 Å². The number of hydrogen-bond donors (Lipinski definition) is 3. The van der Waals surface area contributed by atoms with Crippen molar-refractivity contribution in [3.8, 4) is 5.75 Å². The van der Waals surface area contributed by atoms with E-state index in [1.54, 1.807) is 23.9 Å². The molecule has 0 bridgehead atoms. The van der Waals surface area contributed by atoms with Gasteiger partial charge < -0.3 is 9.84 Å². The third kappa shape index (κ3) is 5.15. The van der Waals surface area contributed by atoms with Crippen molar-refractivity contribution in [3.63, 3.8) is 0 Å². The van der Waals surface area contributed by atoms with Crippen molar-refractivity contribution in [1.82, 2.24) is 10.9 Å². The van der Waals surface area contributed by atoms with Gasteiger partial charge in [-0.1, -0.05) is 23.7 Å². The van der Waals surface area contributed by atoms with Gasteiger partial charge in [0.2, 0.25) is 0 Å². The maximum absolute atomic E-state index is 12.5. The number of halogens is 1. The molecule has 2 amide bonds. The maximum atomic E-state index is 12.5. The summed E-state index contributed by atoms with van der Waals surface area (Å²) in [5.74, 6) is -0.556. The topological polar surface area (TPSA) is 87.7 Å². The van der Waals surface area contributed by atoms with Crippen molar-refractivity contribution >= 4 is 35.2 Å². The van der Waals surface area contributed by atoms with Gasteiger partial charge in [-0.15, -0.1) is 11.8 Å². The summed E-state index contributed by atoms with van der Waals surface area (Å²) in [5.41, 5.74) is 5.10. The van der Waals surface area contributed by atoms with Gasteiger partial charge in [-0.25, -0.2) is 0 Å². The number of hydrazine groups is 1. The van der Waals surface area contributed by atoms with Crippen LogP contribution in [0.1, 0.15) is 33.6 Å². The lowest BCUT2D eigenvalue weighted by Gasteiger charge is -2.13. The standard InChI is InChI=1S/C19H19ClN2O4S/c20-12-7-8-16(23)15(10-12)19(25)22-21-18(24)14-5-1-2-6-17(14)27-11-13-4-3-9-26-13/h1-2,5-8,10,13,23H,3-4,9,11H2,(H,21,24)(H,22,25). The summed E-state index contributed by atoms with van der Waals surface area (Å²) >= 11 is 7.39. The molecule has 0 spiro atoms. The molecule has 142 valence electrons. The Labute approximate surface area is 166 Å². The van der Waals surface area contributed by atoms with Crippen molar-refractivity contribution in [2.45, 2.75) is 23.8 Å². The summed E-state index contributed by atoms with van der Waals surface area (Å²) in [6.45, 7) is 0.787. The highest BCUT2D eigenvalue weighted by atomic mass is 35.5. The molecule has 0 aliphatic carbocycles. The van der Waals surface area contributed by atoms with Gasteiger partial charge in [0.15, 0.2) is 0 Å². The number of thioether (sulfide) groups is 1. The van der Waals surface area contributed by atoms with E-state index in [1.807, 2.05) is 12.1 Å². The van der Waals surface area contributed by atoms with Crippen LogP contribution < -0.4 is 10.9 Å². The van der Waals surface area contributed by atoms with Crippen LogP contribution in [0.2, 0.25) is 5.02 Å². The fraction of sp³-hybridized carbons (Fsp3) is 0.263. The molecule has 1 atom stereocenters. The molecule has 3 rings (SSSR count). The zero-order valence-corrected chi connectivity index (χ0v) is 16.0. The van der Waals surface area contributed by atoms with Crippen LogP contribution in [0.25, 0.3) is 0 Å². The summed E-state index contributed by atoms with van der Waals surface area (Å²) in [7, 11) is 0. The predicted octanol–water partition coefficient (Wildman–Crippen LogP) is 3.39. The van der Waals surface area contributed by atoms with E-state index in [-0.39, 0.29) is 17.4 Å². The van der Waals surface area contributed by atoms with Gasteiger partial charge in [0.05, 0.1) is 17.2 Å². The Hall–Kier alpha value is -2.22. The number of nitrogens with one attached hydrogen (secondary N) is 2. The second-order valence-corrected chi connectivity index (χ2v) is 7.51. The number of benzene rings is 2. The quantitative estimate of drug-likeness (QED) is 0.523. The largest absolute Gasteiger partial charge is 0.507 e. The summed E-state index contributed by atoms with van der Waals surface area (Å²) in [5, 5.41) is 10.1. The fourth-order valence-electron chi connectivity index (χ4n) is 2.68. The first kappa shape index (κ1) is 19.5. The maximum Gasteiger partial charge on any atom is 0.273 e. The Morgan fingerprint density at radius 3 is 2.63 bits per heavy atom. The summed E-state index contributed by atoms with van der Waals surface area (Å²) in [6.07, 6.45) is 2.30. The molecule has 27 heavy (non-hydrogen) atoms. The highest BCUT2D eigenvalue weighted by Crippen LogP contribution is 2.27.